The summed E-state index contributed by atoms with van der Waals surface area (Å²) in [5.41, 5.74) is 5.68. The van der Waals surface area contributed by atoms with Gasteiger partial charge in [-0.15, -0.1) is 0 Å². The van der Waals surface area contributed by atoms with Gasteiger partial charge < -0.3 is 10.8 Å². The Balaban J connectivity index is 2.48. The van der Waals surface area contributed by atoms with Crippen molar-refractivity contribution in [2.75, 3.05) is 18.8 Å². The molecule has 0 aliphatic carbocycles. The van der Waals surface area contributed by atoms with Crippen molar-refractivity contribution >= 4 is 31.6 Å². The largest absolute Gasteiger partial charge is 0.399 e. The SMILES string of the molecule is Nc1cc(Br)c(F)c(S(=O)(=O)N2CC[C@H](O)C2)c1. The normalized spacial score (nSPS) is 21.4. The van der Waals surface area contributed by atoms with E-state index in [0.29, 0.717) is 6.42 Å². The number of hydrogen-bond acceptors (Lipinski definition) is 4. The standard InChI is InChI=1S/C10H12BrFN2O3S/c11-8-3-6(13)4-9(10(8)12)18(16,17)14-2-1-7(15)5-14/h3-4,7,15H,1-2,5,13H2/t7-/m0/s1. The molecule has 100 valence electrons. The molecule has 5 nitrogen and oxygen atoms in total. The summed E-state index contributed by atoms with van der Waals surface area (Å²) in [6.07, 6.45) is -0.350. The molecule has 0 unspecified atom stereocenters. The first kappa shape index (κ1) is 13.7. The Bertz CT molecular complexity index is 579. The van der Waals surface area contributed by atoms with E-state index in [1.54, 1.807) is 0 Å². The van der Waals surface area contributed by atoms with Crippen LogP contribution in [-0.2, 0) is 10.0 Å². The minimum absolute atomic E-state index is 0.000760. The van der Waals surface area contributed by atoms with Gasteiger partial charge in [0.05, 0.1) is 10.6 Å². The van der Waals surface area contributed by atoms with E-state index in [0.717, 1.165) is 10.4 Å². The minimum atomic E-state index is -3.96. The lowest BCUT2D eigenvalue weighted by Gasteiger charge is -2.17. The van der Waals surface area contributed by atoms with Crippen molar-refractivity contribution in [1.82, 2.24) is 4.31 Å². The van der Waals surface area contributed by atoms with Gasteiger partial charge in [-0.25, -0.2) is 12.8 Å². The molecule has 0 bridgehead atoms. The molecule has 0 amide bonds. The number of anilines is 1. The number of nitrogens with two attached hydrogens (primary N) is 1. The molecule has 1 fully saturated rings. The van der Waals surface area contributed by atoms with Gasteiger partial charge in [0.25, 0.3) is 0 Å². The van der Waals surface area contributed by atoms with Crippen LogP contribution < -0.4 is 5.73 Å². The van der Waals surface area contributed by atoms with E-state index in [2.05, 4.69) is 15.9 Å². The molecular formula is C10H12BrFN2O3S. The predicted octanol–water partition coefficient (Wildman–Crippen LogP) is 0.926. The molecule has 1 atom stereocenters. The molecule has 1 aromatic rings. The molecule has 1 heterocycles. The van der Waals surface area contributed by atoms with Gasteiger partial charge in [0.1, 0.15) is 4.90 Å². The van der Waals surface area contributed by atoms with Crippen LogP contribution in [0.4, 0.5) is 10.1 Å². The van der Waals surface area contributed by atoms with Crippen LogP contribution in [0.15, 0.2) is 21.5 Å². The van der Waals surface area contributed by atoms with Crippen LogP contribution in [0.25, 0.3) is 0 Å². The van der Waals surface area contributed by atoms with Crippen LogP contribution >= 0.6 is 15.9 Å². The minimum Gasteiger partial charge on any atom is -0.399 e. The second-order valence-electron chi connectivity index (χ2n) is 4.12. The zero-order valence-corrected chi connectivity index (χ0v) is 11.7. The summed E-state index contributed by atoms with van der Waals surface area (Å²) in [4.78, 5) is -0.469. The first-order valence-corrected chi connectivity index (χ1v) is 7.48. The quantitative estimate of drug-likeness (QED) is 0.785. The molecule has 1 aromatic carbocycles. The summed E-state index contributed by atoms with van der Waals surface area (Å²) in [5, 5.41) is 9.35. The van der Waals surface area contributed by atoms with Crippen molar-refractivity contribution in [3.63, 3.8) is 0 Å². The monoisotopic (exact) mass is 338 g/mol. The fourth-order valence-electron chi connectivity index (χ4n) is 1.84. The van der Waals surface area contributed by atoms with Crippen molar-refractivity contribution in [3.8, 4) is 0 Å². The third kappa shape index (κ3) is 2.37. The number of aliphatic hydroxyl groups excluding tert-OH is 1. The summed E-state index contributed by atoms with van der Waals surface area (Å²) in [6.45, 7) is 0.156. The second kappa shape index (κ2) is 4.76. The molecule has 3 N–H and O–H groups in total. The first-order valence-electron chi connectivity index (χ1n) is 5.25. The van der Waals surface area contributed by atoms with Crippen LogP contribution in [-0.4, -0.2) is 37.0 Å². The van der Waals surface area contributed by atoms with E-state index in [1.807, 2.05) is 0 Å². The molecule has 1 aliphatic rings. The van der Waals surface area contributed by atoms with Crippen molar-refractivity contribution in [3.05, 3.63) is 22.4 Å². The number of sulfonamides is 1. The maximum absolute atomic E-state index is 13.9. The van der Waals surface area contributed by atoms with Gasteiger partial charge in [0, 0.05) is 18.8 Å². The van der Waals surface area contributed by atoms with Gasteiger partial charge in [0.15, 0.2) is 5.82 Å². The average Bonchev–Trinajstić information content (AvgIpc) is 2.70. The van der Waals surface area contributed by atoms with Crippen molar-refractivity contribution in [1.29, 1.82) is 0 Å². The zero-order chi connectivity index (χ0) is 13.5. The van der Waals surface area contributed by atoms with E-state index in [9.17, 15) is 17.9 Å². The highest BCUT2D eigenvalue weighted by Crippen LogP contribution is 2.29. The lowest BCUT2D eigenvalue weighted by Crippen LogP contribution is -2.30. The van der Waals surface area contributed by atoms with E-state index in [4.69, 9.17) is 5.73 Å². The predicted molar refractivity (Wildman–Crippen MR) is 67.9 cm³/mol. The number of nitrogens with zero attached hydrogens (tertiary/aromatic N) is 1. The fourth-order valence-corrected chi connectivity index (χ4v) is 4.06. The summed E-state index contributed by atoms with van der Waals surface area (Å²) in [6, 6.07) is 2.38. The topological polar surface area (TPSA) is 83.6 Å². The van der Waals surface area contributed by atoms with Gasteiger partial charge in [-0.1, -0.05) is 0 Å². The molecule has 1 saturated heterocycles. The van der Waals surface area contributed by atoms with Gasteiger partial charge in [-0.2, -0.15) is 4.31 Å². The second-order valence-corrected chi connectivity index (χ2v) is 6.88. The first-order chi connectivity index (χ1) is 8.32. The van der Waals surface area contributed by atoms with Gasteiger partial charge in [0.2, 0.25) is 10.0 Å². The summed E-state index contributed by atoms with van der Waals surface area (Å²) in [5.74, 6) is -0.870. The maximum Gasteiger partial charge on any atom is 0.246 e. The average molecular weight is 339 g/mol. The van der Waals surface area contributed by atoms with Gasteiger partial charge in [-0.3, -0.25) is 0 Å². The van der Waals surface area contributed by atoms with Crippen LogP contribution in [0.3, 0.4) is 0 Å². The van der Waals surface area contributed by atoms with Crippen molar-refractivity contribution in [2.24, 2.45) is 0 Å². The van der Waals surface area contributed by atoms with Gasteiger partial charge >= 0.3 is 0 Å². The van der Waals surface area contributed by atoms with E-state index >= 15 is 0 Å². The molecule has 8 heteroatoms. The highest BCUT2D eigenvalue weighted by atomic mass is 79.9. The zero-order valence-electron chi connectivity index (χ0n) is 9.31. The Kier molecular flexibility index (Phi) is 3.63. The Hall–Kier alpha value is -0.700. The molecule has 0 saturated carbocycles. The third-order valence-electron chi connectivity index (χ3n) is 2.76. The third-order valence-corrected chi connectivity index (χ3v) is 5.20. The highest BCUT2D eigenvalue weighted by Gasteiger charge is 2.34. The Morgan fingerprint density at radius 3 is 2.72 bits per heavy atom. The lowest BCUT2D eigenvalue weighted by molar-refractivity contribution is 0.189. The smallest absolute Gasteiger partial charge is 0.246 e. The van der Waals surface area contributed by atoms with Crippen molar-refractivity contribution in [2.45, 2.75) is 17.4 Å². The number of benzene rings is 1. The Labute approximate surface area is 113 Å². The molecule has 0 aromatic heterocycles. The van der Waals surface area contributed by atoms with E-state index < -0.39 is 26.8 Å². The summed E-state index contributed by atoms with van der Waals surface area (Å²) >= 11 is 2.92. The van der Waals surface area contributed by atoms with Crippen LogP contribution in [0, 0.1) is 5.82 Å². The number of nitrogen functional groups attached to an aromatic ring is 1. The molecule has 18 heavy (non-hydrogen) atoms. The number of halogens is 2. The van der Waals surface area contributed by atoms with E-state index in [1.165, 1.54) is 6.07 Å². The van der Waals surface area contributed by atoms with E-state index in [-0.39, 0.29) is 23.2 Å². The number of aliphatic hydroxyl groups is 1. The molecule has 1 aliphatic heterocycles. The highest BCUT2D eigenvalue weighted by molar-refractivity contribution is 9.10. The number of rotatable bonds is 2. The number of β-amino-alcohol motifs (C(OH)–C–C–N with tert-alkyl or cyclic N) is 1. The number of hydrogen-bond donors (Lipinski definition) is 2. The van der Waals surface area contributed by atoms with Crippen molar-refractivity contribution < 1.29 is 17.9 Å². The maximum atomic E-state index is 13.9. The fraction of sp³-hybridized carbons (Fsp3) is 0.400. The van der Waals surface area contributed by atoms with Crippen LogP contribution in [0.2, 0.25) is 0 Å². The van der Waals surface area contributed by atoms with Crippen LogP contribution in [0.5, 0.6) is 0 Å². The Morgan fingerprint density at radius 1 is 1.50 bits per heavy atom. The molecule has 0 spiro atoms. The Morgan fingerprint density at radius 2 is 2.17 bits per heavy atom. The molecular weight excluding hydrogens is 327 g/mol. The molecule has 2 rings (SSSR count). The summed E-state index contributed by atoms with van der Waals surface area (Å²) < 4.78 is 39.3. The van der Waals surface area contributed by atoms with Crippen LogP contribution in [0.1, 0.15) is 6.42 Å². The van der Waals surface area contributed by atoms with Gasteiger partial charge in [-0.05, 0) is 34.5 Å². The lowest BCUT2D eigenvalue weighted by atomic mass is 10.3. The summed E-state index contributed by atoms with van der Waals surface area (Å²) in [7, 11) is -3.96. The molecule has 0 radical (unpaired) electrons.